The van der Waals surface area contributed by atoms with Crippen molar-refractivity contribution in [3.05, 3.63) is 33.8 Å². The maximum absolute atomic E-state index is 12.2. The SMILES string of the molecule is Cc1cccc(C(=O)N2CCNC(=O)C2)c1Br. The summed E-state index contributed by atoms with van der Waals surface area (Å²) in [6, 6.07) is 5.55. The van der Waals surface area contributed by atoms with Crippen LogP contribution in [0.4, 0.5) is 0 Å². The number of hydrogen-bond donors (Lipinski definition) is 1. The van der Waals surface area contributed by atoms with Gasteiger partial charge in [0, 0.05) is 17.6 Å². The van der Waals surface area contributed by atoms with E-state index in [1.54, 1.807) is 11.0 Å². The van der Waals surface area contributed by atoms with Gasteiger partial charge >= 0.3 is 0 Å². The van der Waals surface area contributed by atoms with E-state index in [1.165, 1.54) is 0 Å². The van der Waals surface area contributed by atoms with Crippen LogP contribution in [-0.4, -0.2) is 36.3 Å². The van der Waals surface area contributed by atoms with Gasteiger partial charge in [-0.2, -0.15) is 0 Å². The molecule has 0 saturated carbocycles. The van der Waals surface area contributed by atoms with E-state index >= 15 is 0 Å². The number of carbonyl (C=O) groups excluding carboxylic acids is 2. The summed E-state index contributed by atoms with van der Waals surface area (Å²) in [6.45, 7) is 3.15. The van der Waals surface area contributed by atoms with Gasteiger partial charge in [0.15, 0.2) is 0 Å². The van der Waals surface area contributed by atoms with Crippen molar-refractivity contribution in [2.45, 2.75) is 6.92 Å². The minimum atomic E-state index is -0.103. The van der Waals surface area contributed by atoms with E-state index in [1.807, 2.05) is 19.1 Å². The normalized spacial score (nSPS) is 15.6. The fourth-order valence-electron chi connectivity index (χ4n) is 1.79. The van der Waals surface area contributed by atoms with Gasteiger partial charge in [-0.15, -0.1) is 0 Å². The summed E-state index contributed by atoms with van der Waals surface area (Å²) in [6.07, 6.45) is 0. The van der Waals surface area contributed by atoms with Gasteiger partial charge in [0.1, 0.15) is 0 Å². The molecule has 0 unspecified atom stereocenters. The number of amides is 2. The van der Waals surface area contributed by atoms with E-state index < -0.39 is 0 Å². The second kappa shape index (κ2) is 4.87. The van der Waals surface area contributed by atoms with Crippen molar-refractivity contribution in [1.82, 2.24) is 10.2 Å². The summed E-state index contributed by atoms with van der Waals surface area (Å²) in [5.74, 6) is -0.205. The van der Waals surface area contributed by atoms with Crippen molar-refractivity contribution in [1.29, 1.82) is 0 Å². The molecular weight excluding hydrogens is 284 g/mol. The first-order valence-electron chi connectivity index (χ1n) is 5.40. The fourth-order valence-corrected chi connectivity index (χ4v) is 2.23. The van der Waals surface area contributed by atoms with Crippen molar-refractivity contribution in [2.75, 3.05) is 19.6 Å². The predicted octanol–water partition coefficient (Wildman–Crippen LogP) is 1.33. The fraction of sp³-hybridized carbons (Fsp3) is 0.333. The highest BCUT2D eigenvalue weighted by atomic mass is 79.9. The Morgan fingerprint density at radius 3 is 2.94 bits per heavy atom. The van der Waals surface area contributed by atoms with Gasteiger partial charge in [0.2, 0.25) is 5.91 Å². The number of aryl methyl sites for hydroxylation is 1. The Morgan fingerprint density at radius 2 is 2.24 bits per heavy atom. The molecule has 1 saturated heterocycles. The van der Waals surface area contributed by atoms with Crippen LogP contribution in [0.1, 0.15) is 15.9 Å². The summed E-state index contributed by atoms with van der Waals surface area (Å²) in [5, 5.41) is 2.70. The van der Waals surface area contributed by atoms with Gasteiger partial charge in [-0.3, -0.25) is 9.59 Å². The molecule has 1 aromatic carbocycles. The van der Waals surface area contributed by atoms with E-state index in [0.29, 0.717) is 18.7 Å². The van der Waals surface area contributed by atoms with Crippen molar-refractivity contribution >= 4 is 27.7 Å². The molecule has 0 bridgehead atoms. The molecule has 1 aliphatic rings. The number of piperazine rings is 1. The zero-order valence-corrected chi connectivity index (χ0v) is 11.1. The van der Waals surface area contributed by atoms with Gasteiger partial charge in [-0.25, -0.2) is 0 Å². The summed E-state index contributed by atoms with van der Waals surface area (Å²) in [7, 11) is 0. The zero-order valence-electron chi connectivity index (χ0n) is 9.50. The van der Waals surface area contributed by atoms with Crippen LogP contribution >= 0.6 is 15.9 Å². The van der Waals surface area contributed by atoms with Crippen LogP contribution in [0.3, 0.4) is 0 Å². The van der Waals surface area contributed by atoms with E-state index in [4.69, 9.17) is 0 Å². The van der Waals surface area contributed by atoms with Gasteiger partial charge in [0.05, 0.1) is 12.1 Å². The monoisotopic (exact) mass is 296 g/mol. The Balaban J connectivity index is 2.24. The number of hydrogen-bond acceptors (Lipinski definition) is 2. The largest absolute Gasteiger partial charge is 0.353 e. The molecule has 2 amide bonds. The number of benzene rings is 1. The van der Waals surface area contributed by atoms with E-state index in [0.717, 1.165) is 10.0 Å². The standard InChI is InChI=1S/C12H13BrN2O2/c1-8-3-2-4-9(11(8)13)12(17)15-6-5-14-10(16)7-15/h2-4H,5-7H2,1H3,(H,14,16). The second-order valence-electron chi connectivity index (χ2n) is 4.01. The van der Waals surface area contributed by atoms with Gasteiger partial charge in [0.25, 0.3) is 5.91 Å². The molecule has 0 aliphatic carbocycles. The average Bonchev–Trinajstić information content (AvgIpc) is 2.32. The predicted molar refractivity (Wildman–Crippen MR) is 67.8 cm³/mol. The lowest BCUT2D eigenvalue weighted by Gasteiger charge is -2.27. The maximum Gasteiger partial charge on any atom is 0.255 e. The van der Waals surface area contributed by atoms with Crippen LogP contribution < -0.4 is 5.32 Å². The molecule has 1 heterocycles. The molecule has 1 aromatic rings. The first-order chi connectivity index (χ1) is 8.09. The molecule has 5 heteroatoms. The maximum atomic E-state index is 12.2. The molecule has 0 atom stereocenters. The summed E-state index contributed by atoms with van der Waals surface area (Å²) < 4.78 is 0.802. The lowest BCUT2D eigenvalue weighted by molar-refractivity contribution is -0.123. The van der Waals surface area contributed by atoms with Crippen LogP contribution in [0.5, 0.6) is 0 Å². The first-order valence-corrected chi connectivity index (χ1v) is 6.20. The Morgan fingerprint density at radius 1 is 1.47 bits per heavy atom. The summed E-state index contributed by atoms with van der Waals surface area (Å²) >= 11 is 3.41. The number of halogens is 1. The molecule has 1 aliphatic heterocycles. The summed E-state index contributed by atoms with van der Waals surface area (Å²) in [5.41, 5.74) is 1.62. The molecule has 17 heavy (non-hydrogen) atoms. The highest BCUT2D eigenvalue weighted by Gasteiger charge is 2.23. The highest BCUT2D eigenvalue weighted by Crippen LogP contribution is 2.22. The Labute approximate surface area is 108 Å². The topological polar surface area (TPSA) is 49.4 Å². The molecule has 0 aromatic heterocycles. The minimum Gasteiger partial charge on any atom is -0.353 e. The Kier molecular flexibility index (Phi) is 3.47. The lowest BCUT2D eigenvalue weighted by atomic mass is 10.1. The Bertz CT molecular complexity index is 474. The molecule has 1 N–H and O–H groups in total. The first kappa shape index (κ1) is 12.1. The van der Waals surface area contributed by atoms with Crippen molar-refractivity contribution in [2.24, 2.45) is 0 Å². The lowest BCUT2D eigenvalue weighted by Crippen LogP contribution is -2.50. The minimum absolute atomic E-state index is 0.101. The van der Waals surface area contributed by atoms with Crippen molar-refractivity contribution < 1.29 is 9.59 Å². The molecule has 4 nitrogen and oxygen atoms in total. The molecule has 90 valence electrons. The van der Waals surface area contributed by atoms with Gasteiger partial charge in [-0.1, -0.05) is 12.1 Å². The molecule has 0 radical (unpaired) electrons. The van der Waals surface area contributed by atoms with Crippen LogP contribution in [0, 0.1) is 6.92 Å². The molecule has 0 spiro atoms. The molecular formula is C12H13BrN2O2. The average molecular weight is 297 g/mol. The smallest absolute Gasteiger partial charge is 0.255 e. The number of nitrogens with zero attached hydrogens (tertiary/aromatic N) is 1. The van der Waals surface area contributed by atoms with E-state index in [-0.39, 0.29) is 18.4 Å². The van der Waals surface area contributed by atoms with Crippen molar-refractivity contribution in [3.63, 3.8) is 0 Å². The number of carbonyl (C=O) groups is 2. The van der Waals surface area contributed by atoms with Crippen molar-refractivity contribution in [3.8, 4) is 0 Å². The van der Waals surface area contributed by atoms with Crippen LogP contribution in [0.25, 0.3) is 0 Å². The Hall–Kier alpha value is -1.36. The number of nitrogens with one attached hydrogen (secondary N) is 1. The molecule has 2 rings (SSSR count). The highest BCUT2D eigenvalue weighted by molar-refractivity contribution is 9.10. The third-order valence-electron chi connectivity index (χ3n) is 2.75. The van der Waals surface area contributed by atoms with E-state index in [2.05, 4.69) is 21.2 Å². The van der Waals surface area contributed by atoms with Crippen LogP contribution in [0.2, 0.25) is 0 Å². The van der Waals surface area contributed by atoms with Crippen LogP contribution in [0.15, 0.2) is 22.7 Å². The third-order valence-corrected chi connectivity index (χ3v) is 3.80. The number of rotatable bonds is 1. The van der Waals surface area contributed by atoms with Crippen LogP contribution in [-0.2, 0) is 4.79 Å². The van der Waals surface area contributed by atoms with Gasteiger partial charge in [-0.05, 0) is 34.5 Å². The van der Waals surface area contributed by atoms with E-state index in [9.17, 15) is 9.59 Å². The second-order valence-corrected chi connectivity index (χ2v) is 4.81. The zero-order chi connectivity index (χ0) is 12.4. The third kappa shape index (κ3) is 2.49. The quantitative estimate of drug-likeness (QED) is 0.850. The molecule has 1 fully saturated rings. The van der Waals surface area contributed by atoms with Gasteiger partial charge < -0.3 is 10.2 Å². The summed E-state index contributed by atoms with van der Waals surface area (Å²) in [4.78, 5) is 25.0.